The summed E-state index contributed by atoms with van der Waals surface area (Å²) in [5, 5.41) is 2.73. The van der Waals surface area contributed by atoms with Gasteiger partial charge in [0.15, 0.2) is 15.7 Å². The molecule has 0 bridgehead atoms. The third-order valence-electron chi connectivity index (χ3n) is 4.25. The molecule has 31 heavy (non-hydrogen) atoms. The number of benzene rings is 1. The van der Waals surface area contributed by atoms with E-state index in [9.17, 15) is 21.2 Å². The van der Waals surface area contributed by atoms with Gasteiger partial charge < -0.3 is 5.32 Å². The maximum absolute atomic E-state index is 15.1. The SMILES string of the molecule is CNCc1cn(S(=O)(=O)c2cccc(CS(C)(=O)=O)c2)c(-c2cccnc2F)c1F.Cl. The van der Waals surface area contributed by atoms with Crippen molar-refractivity contribution in [2.24, 2.45) is 0 Å². The number of rotatable bonds is 7. The second-order valence-corrected chi connectivity index (χ2v) is 10.7. The molecule has 2 heterocycles. The predicted molar refractivity (Wildman–Crippen MR) is 115 cm³/mol. The van der Waals surface area contributed by atoms with Gasteiger partial charge in [-0.3, -0.25) is 0 Å². The van der Waals surface area contributed by atoms with Crippen LogP contribution in [0.2, 0.25) is 0 Å². The van der Waals surface area contributed by atoms with Crippen molar-refractivity contribution in [2.45, 2.75) is 17.2 Å². The molecule has 0 aliphatic carbocycles. The number of aromatic nitrogens is 2. The second kappa shape index (κ2) is 9.43. The zero-order chi connectivity index (χ0) is 22.1. The van der Waals surface area contributed by atoms with Crippen molar-refractivity contribution in [2.75, 3.05) is 13.3 Å². The van der Waals surface area contributed by atoms with Crippen LogP contribution in [0, 0.1) is 11.8 Å². The lowest BCUT2D eigenvalue weighted by molar-refractivity contribution is 0.574. The lowest BCUT2D eigenvalue weighted by Gasteiger charge is -2.12. The smallest absolute Gasteiger partial charge is 0.268 e. The van der Waals surface area contributed by atoms with Gasteiger partial charge in [-0.1, -0.05) is 12.1 Å². The van der Waals surface area contributed by atoms with Gasteiger partial charge in [0.05, 0.1) is 16.2 Å². The van der Waals surface area contributed by atoms with Crippen LogP contribution in [-0.2, 0) is 32.2 Å². The van der Waals surface area contributed by atoms with E-state index < -0.39 is 37.3 Å². The normalized spacial score (nSPS) is 11.9. The highest BCUT2D eigenvalue weighted by atomic mass is 35.5. The van der Waals surface area contributed by atoms with Crippen LogP contribution >= 0.6 is 12.4 Å². The fourth-order valence-corrected chi connectivity index (χ4v) is 5.27. The number of pyridine rings is 1. The van der Waals surface area contributed by atoms with Crippen LogP contribution < -0.4 is 5.32 Å². The number of nitrogens with one attached hydrogen (secondary N) is 1. The first-order valence-corrected chi connectivity index (χ1v) is 12.2. The number of sulfone groups is 1. The summed E-state index contributed by atoms with van der Waals surface area (Å²) < 4.78 is 79.8. The van der Waals surface area contributed by atoms with Crippen LogP contribution in [0.25, 0.3) is 11.3 Å². The molecule has 0 spiro atoms. The van der Waals surface area contributed by atoms with Crippen LogP contribution in [0.1, 0.15) is 11.1 Å². The van der Waals surface area contributed by atoms with Crippen molar-refractivity contribution in [1.82, 2.24) is 14.3 Å². The topological polar surface area (TPSA) is 98.1 Å². The molecule has 0 unspecified atom stereocenters. The minimum absolute atomic E-state index is 0. The summed E-state index contributed by atoms with van der Waals surface area (Å²) in [6.07, 6.45) is 3.27. The molecule has 2 aromatic heterocycles. The number of hydrogen-bond acceptors (Lipinski definition) is 6. The van der Waals surface area contributed by atoms with Crippen molar-refractivity contribution >= 4 is 32.3 Å². The van der Waals surface area contributed by atoms with E-state index in [0.717, 1.165) is 12.5 Å². The monoisotopic (exact) mass is 491 g/mol. The summed E-state index contributed by atoms with van der Waals surface area (Å²) in [5.74, 6) is -2.27. The summed E-state index contributed by atoms with van der Waals surface area (Å²) in [4.78, 5) is 3.23. The van der Waals surface area contributed by atoms with Gasteiger partial charge in [-0.25, -0.2) is 30.2 Å². The Kier molecular flexibility index (Phi) is 7.58. The van der Waals surface area contributed by atoms with Crippen molar-refractivity contribution < 1.29 is 25.6 Å². The number of hydrogen-bond donors (Lipinski definition) is 1. The summed E-state index contributed by atoms with van der Waals surface area (Å²) >= 11 is 0. The molecule has 0 saturated heterocycles. The van der Waals surface area contributed by atoms with Crippen LogP contribution in [0.4, 0.5) is 8.78 Å². The lowest BCUT2D eigenvalue weighted by atomic mass is 10.2. The molecule has 168 valence electrons. The summed E-state index contributed by atoms with van der Waals surface area (Å²) in [5.41, 5.74) is -0.519. The molecular formula is C19H20ClF2N3O4S2. The molecule has 0 fully saturated rings. The molecule has 7 nitrogen and oxygen atoms in total. The summed E-state index contributed by atoms with van der Waals surface area (Å²) in [6, 6.07) is 7.94. The van der Waals surface area contributed by atoms with E-state index in [1.165, 1.54) is 42.6 Å². The van der Waals surface area contributed by atoms with Gasteiger partial charge in [-0.2, -0.15) is 4.39 Å². The fourth-order valence-electron chi connectivity index (χ4n) is 3.03. The minimum atomic E-state index is -4.37. The van der Waals surface area contributed by atoms with E-state index in [1.54, 1.807) is 7.05 Å². The first-order valence-electron chi connectivity index (χ1n) is 8.72. The van der Waals surface area contributed by atoms with Crippen LogP contribution in [0.3, 0.4) is 0 Å². The Morgan fingerprint density at radius 2 is 1.81 bits per heavy atom. The summed E-state index contributed by atoms with van der Waals surface area (Å²) in [7, 11) is -6.21. The van der Waals surface area contributed by atoms with Crippen LogP contribution in [0.15, 0.2) is 53.7 Å². The van der Waals surface area contributed by atoms with Gasteiger partial charge in [-0.15, -0.1) is 12.4 Å². The largest absolute Gasteiger partial charge is 0.316 e. The standard InChI is InChI=1S/C19H19F2N3O4S2.ClH/c1-22-10-14-11-24(18(17(14)20)16-7-4-8-23-19(16)21)30(27,28)15-6-3-5-13(9-15)12-29(2,25)26;/h3-9,11,22H,10,12H2,1-2H3;1H. The van der Waals surface area contributed by atoms with E-state index in [1.807, 2.05) is 0 Å². The molecule has 0 atom stereocenters. The van der Waals surface area contributed by atoms with E-state index in [0.29, 0.717) is 3.97 Å². The van der Waals surface area contributed by atoms with E-state index in [4.69, 9.17) is 0 Å². The fraction of sp³-hybridized carbons (Fsp3) is 0.211. The maximum Gasteiger partial charge on any atom is 0.268 e. The van der Waals surface area contributed by atoms with Crippen molar-refractivity contribution in [3.8, 4) is 11.3 Å². The quantitative estimate of drug-likeness (QED) is 0.510. The third kappa shape index (κ3) is 5.29. The Balaban J connectivity index is 0.00000341. The zero-order valence-corrected chi connectivity index (χ0v) is 19.0. The van der Waals surface area contributed by atoms with E-state index in [2.05, 4.69) is 10.3 Å². The average molecular weight is 492 g/mol. The highest BCUT2D eigenvalue weighted by Crippen LogP contribution is 2.32. The van der Waals surface area contributed by atoms with Gasteiger partial charge in [0.2, 0.25) is 5.95 Å². The average Bonchev–Trinajstić information content (AvgIpc) is 2.98. The molecule has 12 heteroatoms. The molecule has 3 aromatic rings. The first-order chi connectivity index (χ1) is 14.0. The molecule has 0 aliphatic rings. The van der Waals surface area contributed by atoms with E-state index >= 15 is 4.39 Å². The Morgan fingerprint density at radius 1 is 1.10 bits per heavy atom. The highest BCUT2D eigenvalue weighted by Gasteiger charge is 2.28. The van der Waals surface area contributed by atoms with Crippen LogP contribution in [-0.4, -0.2) is 39.1 Å². The molecule has 0 amide bonds. The first kappa shape index (κ1) is 24.9. The molecular weight excluding hydrogens is 472 g/mol. The molecule has 3 rings (SSSR count). The maximum atomic E-state index is 15.1. The van der Waals surface area contributed by atoms with Gasteiger partial charge in [0.1, 0.15) is 5.69 Å². The van der Waals surface area contributed by atoms with Gasteiger partial charge in [0.25, 0.3) is 10.0 Å². The van der Waals surface area contributed by atoms with Crippen molar-refractivity contribution in [3.05, 3.63) is 71.7 Å². The summed E-state index contributed by atoms with van der Waals surface area (Å²) in [6.45, 7) is 0.0113. The molecule has 0 saturated carbocycles. The van der Waals surface area contributed by atoms with E-state index in [-0.39, 0.29) is 46.3 Å². The Labute approximate surface area is 185 Å². The van der Waals surface area contributed by atoms with Gasteiger partial charge in [-0.05, 0) is 36.9 Å². The third-order valence-corrected chi connectivity index (χ3v) is 6.76. The molecule has 0 aliphatic heterocycles. The number of halogens is 3. The highest BCUT2D eigenvalue weighted by molar-refractivity contribution is 7.90. The molecule has 1 N–H and O–H groups in total. The molecule has 0 radical (unpaired) electrons. The number of nitrogens with zero attached hydrogens (tertiary/aromatic N) is 2. The van der Waals surface area contributed by atoms with Crippen molar-refractivity contribution in [1.29, 1.82) is 0 Å². The van der Waals surface area contributed by atoms with Gasteiger partial charge >= 0.3 is 0 Å². The van der Waals surface area contributed by atoms with Gasteiger partial charge in [0, 0.05) is 30.8 Å². The Bertz CT molecular complexity index is 1310. The Hall–Kier alpha value is -2.34. The lowest BCUT2D eigenvalue weighted by Crippen LogP contribution is -2.15. The zero-order valence-electron chi connectivity index (χ0n) is 16.5. The molecule has 1 aromatic carbocycles. The Morgan fingerprint density at radius 3 is 2.42 bits per heavy atom. The van der Waals surface area contributed by atoms with Crippen LogP contribution in [0.5, 0.6) is 0 Å². The second-order valence-electron chi connectivity index (χ2n) is 6.71. The minimum Gasteiger partial charge on any atom is -0.316 e. The van der Waals surface area contributed by atoms with Crippen molar-refractivity contribution in [3.63, 3.8) is 0 Å². The predicted octanol–water partition coefficient (Wildman–Crippen LogP) is 2.75.